The van der Waals surface area contributed by atoms with Crippen molar-refractivity contribution >= 4 is 166 Å². The van der Waals surface area contributed by atoms with Crippen molar-refractivity contribution in [3.63, 3.8) is 0 Å². The number of aromatic nitrogens is 8. The fraction of sp³-hybridized carbons (Fsp3) is 0.258. The van der Waals surface area contributed by atoms with Gasteiger partial charge in [0.15, 0.2) is 21.0 Å². The van der Waals surface area contributed by atoms with E-state index in [1.165, 1.54) is 88.5 Å². The number of carboxylic acids is 1. The van der Waals surface area contributed by atoms with Crippen LogP contribution in [0, 0.1) is 83.1 Å². The molecule has 6 aromatic heterocycles. The zero-order valence-corrected chi connectivity index (χ0v) is 79.0. The number of aromatic carboxylic acids is 1. The maximum absolute atomic E-state index is 11.6. The molecular formula is C93H106LiN13O17S6. The van der Waals surface area contributed by atoms with E-state index in [4.69, 9.17) is 56.9 Å². The Bertz CT molecular complexity index is 6180. The number of carbonyl (C=O) groups is 6. The Morgan fingerprint density at radius 3 is 1.10 bits per heavy atom. The van der Waals surface area contributed by atoms with E-state index < -0.39 is 23.7 Å². The molecule has 37 heteroatoms. The summed E-state index contributed by atoms with van der Waals surface area (Å²) in [6.07, 6.45) is 0. The number of benzene rings is 9. The van der Waals surface area contributed by atoms with E-state index in [1.807, 2.05) is 66.7 Å². The van der Waals surface area contributed by atoms with E-state index in [-0.39, 0.29) is 75.7 Å². The zero-order valence-electron chi connectivity index (χ0n) is 74.1. The van der Waals surface area contributed by atoms with Gasteiger partial charge in [-0.15, -0.1) is 34.0 Å². The van der Waals surface area contributed by atoms with Crippen LogP contribution >= 0.6 is 66.9 Å². The predicted octanol–water partition coefficient (Wildman–Crippen LogP) is 17.6. The summed E-state index contributed by atoms with van der Waals surface area (Å²) < 4.78 is 38.2. The van der Waals surface area contributed by atoms with Crippen LogP contribution in [0.4, 0.5) is 16.5 Å². The van der Waals surface area contributed by atoms with E-state index in [0.29, 0.717) is 79.1 Å². The number of aliphatic hydroxyl groups is 1. The second-order valence-electron chi connectivity index (χ2n) is 27.7. The Morgan fingerprint density at radius 1 is 0.438 bits per heavy atom. The molecule has 15 rings (SSSR count). The first-order valence-electron chi connectivity index (χ1n) is 38.7. The van der Waals surface area contributed by atoms with Gasteiger partial charge in [-0.1, -0.05) is 172 Å². The molecule has 15 aromatic rings. The molecule has 9 aromatic carbocycles. The minimum absolute atomic E-state index is 0. The zero-order chi connectivity index (χ0) is 92.3. The van der Waals surface area contributed by atoms with Crippen molar-refractivity contribution in [2.75, 3.05) is 65.0 Å². The van der Waals surface area contributed by atoms with Gasteiger partial charge in [-0.25, -0.2) is 43.9 Å². The van der Waals surface area contributed by atoms with Gasteiger partial charge < -0.3 is 76.6 Å². The van der Waals surface area contributed by atoms with Crippen molar-refractivity contribution in [1.29, 1.82) is 0 Å². The summed E-state index contributed by atoms with van der Waals surface area (Å²) >= 11 is 6.02. The van der Waals surface area contributed by atoms with Gasteiger partial charge in [0.2, 0.25) is 22.4 Å². The van der Waals surface area contributed by atoms with Crippen LogP contribution in [0.3, 0.4) is 0 Å². The molecule has 30 nitrogen and oxygen atoms in total. The molecule has 0 radical (unpaired) electrons. The number of amidine groups is 1. The summed E-state index contributed by atoms with van der Waals surface area (Å²) in [4.78, 5) is 94.3. The molecule has 0 bridgehead atoms. The Kier molecular flexibility index (Phi) is 44.3. The molecule has 130 heavy (non-hydrogen) atoms. The number of thiazole rings is 4. The Hall–Kier alpha value is -12.3. The number of ketones is 1. The number of Topliss-reactive ketones (excluding diaryl/α,β-unsaturated/α-hetero) is 1. The Morgan fingerprint density at radius 2 is 0.777 bits per heavy atom. The van der Waals surface area contributed by atoms with Gasteiger partial charge >= 0.3 is 48.7 Å². The number of anilines is 3. The third-order valence-electron chi connectivity index (χ3n) is 18.4. The first-order valence-corrected chi connectivity index (χ1v) is 44.1. The summed E-state index contributed by atoms with van der Waals surface area (Å²) in [7, 11) is 7.59. The molecule has 0 amide bonds. The second-order valence-corrected chi connectivity index (χ2v) is 33.9. The number of rotatable bonds is 17. The maximum atomic E-state index is 11.6. The van der Waals surface area contributed by atoms with Gasteiger partial charge in [-0.3, -0.25) is 4.79 Å². The molecular weight excluding hydrogens is 1770 g/mol. The van der Waals surface area contributed by atoms with Gasteiger partial charge in [0.25, 0.3) is 11.8 Å². The van der Waals surface area contributed by atoms with Crippen molar-refractivity contribution in [3.05, 3.63) is 240 Å². The molecule has 0 spiro atoms. The minimum Gasteiger partial charge on any atom is -0.870 e. The Balaban J connectivity index is 0.000000321. The van der Waals surface area contributed by atoms with Crippen LogP contribution in [0.5, 0.6) is 0 Å². The van der Waals surface area contributed by atoms with Crippen molar-refractivity contribution in [1.82, 2.24) is 40.2 Å². The summed E-state index contributed by atoms with van der Waals surface area (Å²) in [5, 5.41) is 38.6. The third kappa shape index (κ3) is 29.1. The van der Waals surface area contributed by atoms with Crippen LogP contribution < -0.4 is 41.8 Å². The van der Waals surface area contributed by atoms with Gasteiger partial charge in [0.1, 0.15) is 0 Å². The number of carbonyl (C=O) groups excluding carboxylic acids is 5. The molecule has 0 aliphatic heterocycles. The number of fused-ring (bicyclic) bond motifs is 4. The average molecular weight is 1880 g/mol. The summed E-state index contributed by atoms with van der Waals surface area (Å²) in [6, 6.07) is 44.3. The number of nitrogens with two attached hydrogens (primary N) is 4. The number of aryl methyl sites for hydroxylation is 12. The molecule has 0 saturated carbocycles. The standard InChI is InChI=1S/C19H15N3O3S.C18H13N3O3S.C16H20N2S2.C12H13NO2S.C9H10N2O3.C9H10N2S.C5H8O3.C3H8O2.2CH4.Li.H2O/c1-10-4-5-11(2)15-14(10)20-18(26-15)17-21-16(22-25-17)12-6-8-13(9-7-12)19(23)24-3;1-9-3-4-10(2)14-13(9)19-17(25-14)16-20-15(21-24-16)11-5-7-12(8-6-11)18(22)23;1-9-5-7-11(3)15(13(9)17)19-20-16-12(4)8-6-10(2)14(16)18;1-4-15-12(14)11-13-9-7(2)5-6-8(3)10(9)16-11;1-14-9(12)7-4-2-6(3-5-7)8(10)11-13;1-5-3-4-6(2)8-7(5)11-9(10)12-8;1-3-8-5(7)4(2)6;1-5-3-2-4;;;;/h4-9H,1-3H3;3-8H,1-2H3,(H,22,23);5-8H,17-18H2,1-4H3;5-6H,4H2,1-3H3;2-5,13H,1H3,(H2,10,11);3-4H,1-2H3,(H2,10,11);3H2,1-2H3;4H,2-3H2,1H3;2*1H4;;1H2/q;;;;;;;;;;+1;/p-1. The smallest absolute Gasteiger partial charge is 0.870 e. The number of nitrogens with zero attached hydrogens (tertiary/aromatic N) is 9. The number of esters is 4. The monoisotopic (exact) mass is 1880 g/mol. The van der Waals surface area contributed by atoms with Crippen LogP contribution in [0.15, 0.2) is 170 Å². The molecule has 12 N–H and O–H groups in total. The van der Waals surface area contributed by atoms with Crippen LogP contribution in [0.25, 0.3) is 85.4 Å². The molecule has 0 atom stereocenters. The van der Waals surface area contributed by atoms with Crippen molar-refractivity contribution in [3.8, 4) is 44.6 Å². The van der Waals surface area contributed by atoms with E-state index in [1.54, 1.807) is 126 Å². The maximum Gasteiger partial charge on any atom is 1.00 e. The van der Waals surface area contributed by atoms with E-state index in [0.717, 1.165) is 102 Å². The van der Waals surface area contributed by atoms with Crippen LogP contribution in [-0.4, -0.2) is 150 Å². The molecule has 0 aliphatic carbocycles. The molecule has 682 valence electrons. The summed E-state index contributed by atoms with van der Waals surface area (Å²) in [5.74, 6) is -1.82. The quantitative estimate of drug-likeness (QED) is 0.00425. The third-order valence-corrected chi connectivity index (χ3v) is 25.7. The fourth-order valence-electron chi connectivity index (χ4n) is 11.2. The molecule has 0 saturated heterocycles. The van der Waals surface area contributed by atoms with E-state index in [2.05, 4.69) is 149 Å². The first-order chi connectivity index (χ1) is 60.1. The molecule has 0 aliphatic rings. The number of nitrogen functional groups attached to an aromatic ring is 3. The van der Waals surface area contributed by atoms with Crippen LogP contribution in [-0.2, 0) is 33.3 Å². The molecule has 0 fully saturated rings. The van der Waals surface area contributed by atoms with Crippen molar-refractivity contribution in [2.45, 2.75) is 129 Å². The first kappa shape index (κ1) is 110. The fourth-order valence-corrected chi connectivity index (χ4v) is 18.0. The normalized spacial score (nSPS) is 10.3. The molecule has 6 heterocycles. The number of carboxylic acid groups (broad SMARTS) is 1. The summed E-state index contributed by atoms with van der Waals surface area (Å²) in [6.45, 7) is 30.4. The van der Waals surface area contributed by atoms with Crippen molar-refractivity contribution in [2.24, 2.45) is 10.9 Å². The van der Waals surface area contributed by atoms with Gasteiger partial charge in [-0.2, -0.15) is 9.97 Å². The van der Waals surface area contributed by atoms with Gasteiger partial charge in [0, 0.05) is 51.9 Å². The number of oxime groups is 1. The van der Waals surface area contributed by atoms with Crippen molar-refractivity contribution < 1.29 is 101 Å². The van der Waals surface area contributed by atoms with Gasteiger partial charge in [-0.05, 0) is 200 Å². The topological polar surface area (TPSA) is 485 Å². The van der Waals surface area contributed by atoms with Crippen LogP contribution in [0.1, 0.15) is 149 Å². The number of methoxy groups -OCH3 is 3. The Labute approximate surface area is 789 Å². The van der Waals surface area contributed by atoms with E-state index in [9.17, 15) is 28.8 Å². The number of hydrogen-bond donors (Lipinski definition) is 7. The number of hydrogen-bond acceptors (Lipinski definition) is 34. The van der Waals surface area contributed by atoms with Gasteiger partial charge in [0.05, 0.1) is 98.2 Å². The summed E-state index contributed by atoms with van der Waals surface area (Å²) in [5.41, 5.74) is 45.9. The average Bonchev–Trinajstić information content (AvgIpc) is 1.65. The SMILES string of the molecule is C.C.CCOC(=O)C(C)=O.CCOC(=O)c1nc2c(C)ccc(C)c2s1.COC(=O)c1ccc(-c2noc(-c3nc4c(C)ccc(C)c4s3)n2)cc1.COC(=O)c1ccc(/C(N)=N/O)cc1.COCCO.Cc1ccc(C)c(SSc2c(C)ccc(C)c2N)c1N.Cc1ccc(C)c2sc(-c3nc(-c4ccc(C(=O)O)cc4)no3)nc12.Cc1ccc(C)c2sc(N)nc12.[Li+].[OH-]. The largest absolute Gasteiger partial charge is 1.00 e. The second kappa shape index (κ2) is 52.4. The number of aliphatic hydroxyl groups excluding tert-OH is 1. The molecule has 0 unspecified atom stereocenters. The minimum atomic E-state index is -0.972. The van der Waals surface area contributed by atoms with E-state index >= 15 is 0 Å². The van der Waals surface area contributed by atoms with Crippen LogP contribution in [0.2, 0.25) is 0 Å². The number of ether oxygens (including phenoxy) is 5. The predicted molar refractivity (Wildman–Crippen MR) is 517 cm³/mol.